The monoisotopic (exact) mass is 312 g/mol. The molecule has 122 valence electrons. The summed E-state index contributed by atoms with van der Waals surface area (Å²) in [6.07, 6.45) is 5.65. The Kier molecular flexibility index (Phi) is 5.13. The van der Waals surface area contributed by atoms with Gasteiger partial charge in [-0.15, -0.1) is 0 Å². The van der Waals surface area contributed by atoms with Gasteiger partial charge in [0.25, 0.3) is 0 Å². The van der Waals surface area contributed by atoms with E-state index < -0.39 is 0 Å². The van der Waals surface area contributed by atoms with Gasteiger partial charge in [-0.05, 0) is 48.7 Å². The SMILES string of the molecule is CC[C@H](N[C@@H](C)c1ccc2c(c1)OCCCO2)c1ccncc1. The molecule has 1 aliphatic rings. The van der Waals surface area contributed by atoms with Gasteiger partial charge in [0.1, 0.15) is 0 Å². The Morgan fingerprint density at radius 1 is 1.04 bits per heavy atom. The topological polar surface area (TPSA) is 43.4 Å². The second-order valence-electron chi connectivity index (χ2n) is 5.89. The molecule has 4 heteroatoms. The summed E-state index contributed by atoms with van der Waals surface area (Å²) >= 11 is 0. The van der Waals surface area contributed by atoms with Crippen molar-refractivity contribution in [3.05, 3.63) is 53.9 Å². The maximum absolute atomic E-state index is 5.79. The zero-order chi connectivity index (χ0) is 16.1. The average Bonchev–Trinajstić information content (AvgIpc) is 2.84. The number of pyridine rings is 1. The van der Waals surface area contributed by atoms with E-state index in [9.17, 15) is 0 Å². The number of nitrogens with one attached hydrogen (secondary N) is 1. The summed E-state index contributed by atoms with van der Waals surface area (Å²) in [5.74, 6) is 1.70. The van der Waals surface area contributed by atoms with Crippen LogP contribution in [0.25, 0.3) is 0 Å². The molecule has 1 aromatic heterocycles. The standard InChI is InChI=1S/C19H24N2O2/c1-3-17(15-7-9-20-10-8-15)21-14(2)16-5-6-18-19(13-16)23-12-4-11-22-18/h5-10,13-14,17,21H,3-4,11-12H2,1-2H3/t14-,17-/m0/s1. The minimum absolute atomic E-state index is 0.227. The first-order valence-electron chi connectivity index (χ1n) is 8.33. The normalized spacial score (nSPS) is 16.4. The Balaban J connectivity index is 1.75. The molecule has 0 bridgehead atoms. The van der Waals surface area contributed by atoms with Crippen LogP contribution in [0.15, 0.2) is 42.7 Å². The van der Waals surface area contributed by atoms with Crippen LogP contribution in [0.1, 0.15) is 49.9 Å². The van der Waals surface area contributed by atoms with Crippen molar-refractivity contribution in [1.29, 1.82) is 0 Å². The zero-order valence-electron chi connectivity index (χ0n) is 13.8. The van der Waals surface area contributed by atoms with E-state index in [-0.39, 0.29) is 6.04 Å². The summed E-state index contributed by atoms with van der Waals surface area (Å²) in [5.41, 5.74) is 2.48. The predicted octanol–water partition coefficient (Wildman–Crippen LogP) is 4.04. The Hall–Kier alpha value is -2.07. The smallest absolute Gasteiger partial charge is 0.161 e. The lowest BCUT2D eigenvalue weighted by Gasteiger charge is -2.23. The van der Waals surface area contributed by atoms with E-state index >= 15 is 0 Å². The number of aromatic nitrogens is 1. The average molecular weight is 312 g/mol. The van der Waals surface area contributed by atoms with Crippen molar-refractivity contribution >= 4 is 0 Å². The van der Waals surface area contributed by atoms with Crippen molar-refractivity contribution in [1.82, 2.24) is 10.3 Å². The summed E-state index contributed by atoms with van der Waals surface area (Å²) in [7, 11) is 0. The van der Waals surface area contributed by atoms with Gasteiger partial charge in [-0.2, -0.15) is 0 Å². The van der Waals surface area contributed by atoms with E-state index in [1.165, 1.54) is 11.1 Å². The van der Waals surface area contributed by atoms with Gasteiger partial charge in [0.2, 0.25) is 0 Å². The Bertz CT molecular complexity index is 631. The lowest BCUT2D eigenvalue weighted by molar-refractivity contribution is 0.297. The number of fused-ring (bicyclic) bond motifs is 1. The molecule has 1 aliphatic heterocycles. The number of rotatable bonds is 5. The third-order valence-electron chi connectivity index (χ3n) is 4.24. The molecule has 2 atom stereocenters. The van der Waals surface area contributed by atoms with E-state index in [1.807, 2.05) is 18.5 Å². The number of hydrogen-bond donors (Lipinski definition) is 1. The Labute approximate surface area is 137 Å². The minimum Gasteiger partial charge on any atom is -0.490 e. The number of ether oxygens (including phenoxy) is 2. The van der Waals surface area contributed by atoms with Gasteiger partial charge in [-0.1, -0.05) is 13.0 Å². The number of hydrogen-bond acceptors (Lipinski definition) is 4. The quantitative estimate of drug-likeness (QED) is 0.904. The highest BCUT2D eigenvalue weighted by Gasteiger charge is 2.17. The summed E-state index contributed by atoms with van der Waals surface area (Å²) in [4.78, 5) is 4.10. The summed E-state index contributed by atoms with van der Waals surface area (Å²) < 4.78 is 11.5. The molecule has 1 aromatic carbocycles. The van der Waals surface area contributed by atoms with E-state index in [0.29, 0.717) is 12.6 Å². The third-order valence-corrected chi connectivity index (χ3v) is 4.24. The Morgan fingerprint density at radius 3 is 2.52 bits per heavy atom. The first kappa shape index (κ1) is 15.8. The van der Waals surface area contributed by atoms with Crippen molar-refractivity contribution in [2.75, 3.05) is 13.2 Å². The summed E-state index contributed by atoms with van der Waals surface area (Å²) in [6, 6.07) is 10.9. The van der Waals surface area contributed by atoms with Gasteiger partial charge in [-0.3, -0.25) is 4.98 Å². The highest BCUT2D eigenvalue weighted by molar-refractivity contribution is 5.44. The largest absolute Gasteiger partial charge is 0.490 e. The molecule has 0 aliphatic carbocycles. The molecular weight excluding hydrogens is 288 g/mol. The molecule has 4 nitrogen and oxygen atoms in total. The molecule has 0 saturated carbocycles. The second kappa shape index (κ2) is 7.47. The van der Waals surface area contributed by atoms with E-state index in [2.05, 4.69) is 48.4 Å². The molecule has 1 N–H and O–H groups in total. The van der Waals surface area contributed by atoms with Crippen LogP contribution in [0, 0.1) is 0 Å². The lowest BCUT2D eigenvalue weighted by atomic mass is 10.0. The van der Waals surface area contributed by atoms with Crippen LogP contribution in [0.3, 0.4) is 0 Å². The molecule has 0 saturated heterocycles. The molecule has 2 aromatic rings. The maximum atomic E-state index is 5.79. The lowest BCUT2D eigenvalue weighted by Crippen LogP contribution is -2.24. The van der Waals surface area contributed by atoms with Crippen molar-refractivity contribution in [2.24, 2.45) is 0 Å². The molecule has 2 heterocycles. The summed E-state index contributed by atoms with van der Waals surface area (Å²) in [6.45, 7) is 5.81. The molecule has 0 spiro atoms. The fraction of sp³-hybridized carbons (Fsp3) is 0.421. The first-order valence-corrected chi connectivity index (χ1v) is 8.33. The van der Waals surface area contributed by atoms with Gasteiger partial charge in [-0.25, -0.2) is 0 Å². The van der Waals surface area contributed by atoms with E-state index in [0.717, 1.165) is 30.9 Å². The molecule has 23 heavy (non-hydrogen) atoms. The fourth-order valence-electron chi connectivity index (χ4n) is 2.89. The number of nitrogens with zero attached hydrogens (tertiary/aromatic N) is 1. The van der Waals surface area contributed by atoms with Crippen molar-refractivity contribution < 1.29 is 9.47 Å². The third kappa shape index (κ3) is 3.82. The van der Waals surface area contributed by atoms with Gasteiger partial charge in [0, 0.05) is 30.9 Å². The maximum Gasteiger partial charge on any atom is 0.161 e. The minimum atomic E-state index is 0.227. The number of benzene rings is 1. The molecule has 0 fully saturated rings. The van der Waals surface area contributed by atoms with Crippen LogP contribution in [0.4, 0.5) is 0 Å². The van der Waals surface area contributed by atoms with Crippen molar-refractivity contribution in [3.8, 4) is 11.5 Å². The van der Waals surface area contributed by atoms with E-state index in [1.54, 1.807) is 0 Å². The van der Waals surface area contributed by atoms with Gasteiger partial charge >= 0.3 is 0 Å². The highest BCUT2D eigenvalue weighted by Crippen LogP contribution is 2.33. The predicted molar refractivity (Wildman–Crippen MR) is 90.9 cm³/mol. The van der Waals surface area contributed by atoms with Crippen LogP contribution in [-0.2, 0) is 0 Å². The van der Waals surface area contributed by atoms with Crippen molar-refractivity contribution in [3.63, 3.8) is 0 Å². The molecule has 0 unspecified atom stereocenters. The fourth-order valence-corrected chi connectivity index (χ4v) is 2.89. The van der Waals surface area contributed by atoms with Crippen LogP contribution in [0.2, 0.25) is 0 Å². The zero-order valence-corrected chi connectivity index (χ0v) is 13.8. The van der Waals surface area contributed by atoms with Crippen molar-refractivity contribution in [2.45, 2.75) is 38.8 Å². The molecular formula is C19H24N2O2. The first-order chi connectivity index (χ1) is 11.3. The second-order valence-corrected chi connectivity index (χ2v) is 5.89. The van der Waals surface area contributed by atoms with Crippen LogP contribution in [-0.4, -0.2) is 18.2 Å². The molecule has 0 radical (unpaired) electrons. The van der Waals surface area contributed by atoms with Gasteiger partial charge < -0.3 is 14.8 Å². The molecule has 0 amide bonds. The van der Waals surface area contributed by atoms with Crippen LogP contribution >= 0.6 is 0 Å². The Morgan fingerprint density at radius 2 is 1.78 bits per heavy atom. The highest BCUT2D eigenvalue weighted by atomic mass is 16.5. The van der Waals surface area contributed by atoms with Gasteiger partial charge in [0.15, 0.2) is 11.5 Å². The van der Waals surface area contributed by atoms with Crippen LogP contribution in [0.5, 0.6) is 11.5 Å². The molecule has 3 rings (SSSR count). The van der Waals surface area contributed by atoms with E-state index in [4.69, 9.17) is 9.47 Å². The van der Waals surface area contributed by atoms with Crippen LogP contribution < -0.4 is 14.8 Å². The van der Waals surface area contributed by atoms with Gasteiger partial charge in [0.05, 0.1) is 13.2 Å². The summed E-state index contributed by atoms with van der Waals surface area (Å²) in [5, 5.41) is 3.70.